The van der Waals surface area contributed by atoms with Gasteiger partial charge in [0.2, 0.25) is 0 Å². The van der Waals surface area contributed by atoms with Gasteiger partial charge >= 0.3 is 0 Å². The molecule has 0 saturated carbocycles. The van der Waals surface area contributed by atoms with Gasteiger partial charge in [-0.3, -0.25) is 0 Å². The van der Waals surface area contributed by atoms with E-state index in [9.17, 15) is 4.39 Å². The number of hydrogen-bond acceptors (Lipinski definition) is 4. The van der Waals surface area contributed by atoms with Crippen molar-refractivity contribution in [1.82, 2.24) is 0 Å². The Morgan fingerprint density at radius 2 is 1.56 bits per heavy atom. The number of hydrogen-bond donors (Lipinski definition) is 1. The molecular formula is C28H25FINO3. The zero-order chi connectivity index (χ0) is 23.8. The summed E-state index contributed by atoms with van der Waals surface area (Å²) in [6, 6.07) is 28.0. The molecule has 34 heavy (non-hydrogen) atoms. The Morgan fingerprint density at radius 3 is 2.29 bits per heavy atom. The topological polar surface area (TPSA) is 39.7 Å². The summed E-state index contributed by atoms with van der Waals surface area (Å²) in [6.45, 7) is 3.35. The largest absolute Gasteiger partial charge is 0.490 e. The van der Waals surface area contributed by atoms with Gasteiger partial charge in [0.15, 0.2) is 11.5 Å². The lowest BCUT2D eigenvalue weighted by Crippen LogP contribution is -2.05. The van der Waals surface area contributed by atoms with Gasteiger partial charge in [-0.1, -0.05) is 30.3 Å². The van der Waals surface area contributed by atoms with Gasteiger partial charge in [0, 0.05) is 12.2 Å². The quantitative estimate of drug-likeness (QED) is 0.198. The van der Waals surface area contributed by atoms with Gasteiger partial charge in [0.05, 0.1) is 10.2 Å². The van der Waals surface area contributed by atoms with Crippen molar-refractivity contribution in [2.75, 3.05) is 11.9 Å². The normalized spacial score (nSPS) is 10.6. The fourth-order valence-electron chi connectivity index (χ4n) is 3.38. The van der Waals surface area contributed by atoms with Gasteiger partial charge in [-0.15, -0.1) is 0 Å². The molecule has 0 unspecified atom stereocenters. The van der Waals surface area contributed by atoms with E-state index < -0.39 is 0 Å². The van der Waals surface area contributed by atoms with Gasteiger partial charge in [0.25, 0.3) is 0 Å². The molecule has 4 aromatic rings. The number of anilines is 1. The Kier molecular flexibility index (Phi) is 8.25. The van der Waals surface area contributed by atoms with Gasteiger partial charge in [-0.05, 0) is 101 Å². The molecule has 6 heteroatoms. The molecule has 4 rings (SSSR count). The first-order valence-electron chi connectivity index (χ1n) is 11.0. The van der Waals surface area contributed by atoms with Crippen LogP contribution in [0.4, 0.5) is 10.1 Å². The second kappa shape index (κ2) is 11.7. The third-order valence-corrected chi connectivity index (χ3v) is 5.77. The summed E-state index contributed by atoms with van der Waals surface area (Å²) in [6.07, 6.45) is 0. The van der Waals surface area contributed by atoms with E-state index in [2.05, 4.69) is 34.0 Å². The average Bonchev–Trinajstić information content (AvgIpc) is 2.84. The van der Waals surface area contributed by atoms with Gasteiger partial charge in [0.1, 0.15) is 23.9 Å². The SMILES string of the molecule is CCOc1cc(CNc2ccc(Oc3ccccc3)cc2)cc(I)c1OCc1cccc(F)c1. The standard InChI is InChI=1S/C28H25FINO3/c1-2-32-27-17-21(16-26(30)28(27)33-19-20-7-6-8-22(29)15-20)18-31-23-11-13-25(14-12-23)34-24-9-4-3-5-10-24/h3-17,31H,2,18-19H2,1H3. The third-order valence-electron chi connectivity index (χ3n) is 4.97. The summed E-state index contributed by atoms with van der Waals surface area (Å²) in [4.78, 5) is 0. The van der Waals surface area contributed by atoms with Crippen molar-refractivity contribution in [2.24, 2.45) is 0 Å². The lowest BCUT2D eigenvalue weighted by atomic mass is 10.2. The highest BCUT2D eigenvalue weighted by molar-refractivity contribution is 14.1. The van der Waals surface area contributed by atoms with Crippen LogP contribution in [0.1, 0.15) is 18.1 Å². The summed E-state index contributed by atoms with van der Waals surface area (Å²) >= 11 is 2.25. The van der Waals surface area contributed by atoms with Crippen molar-refractivity contribution in [2.45, 2.75) is 20.1 Å². The van der Waals surface area contributed by atoms with Crippen LogP contribution in [0.15, 0.2) is 91.0 Å². The molecule has 0 aliphatic heterocycles. The summed E-state index contributed by atoms with van der Waals surface area (Å²) in [7, 11) is 0. The molecule has 0 fully saturated rings. The van der Waals surface area contributed by atoms with Crippen LogP contribution in [0, 0.1) is 9.39 Å². The summed E-state index contributed by atoms with van der Waals surface area (Å²) in [5, 5.41) is 3.44. The Hall–Kier alpha value is -3.26. The van der Waals surface area contributed by atoms with E-state index in [1.807, 2.05) is 73.7 Å². The molecule has 0 aliphatic carbocycles. The van der Waals surface area contributed by atoms with E-state index in [1.54, 1.807) is 6.07 Å². The zero-order valence-corrected chi connectivity index (χ0v) is 20.9. The smallest absolute Gasteiger partial charge is 0.174 e. The lowest BCUT2D eigenvalue weighted by molar-refractivity contribution is 0.267. The Labute approximate surface area is 212 Å². The molecule has 4 nitrogen and oxygen atoms in total. The Morgan fingerprint density at radius 1 is 0.794 bits per heavy atom. The number of nitrogens with one attached hydrogen (secondary N) is 1. The van der Waals surface area contributed by atoms with Crippen LogP contribution < -0.4 is 19.5 Å². The zero-order valence-electron chi connectivity index (χ0n) is 18.8. The Balaban J connectivity index is 1.40. The first-order valence-corrected chi connectivity index (χ1v) is 12.1. The highest BCUT2D eigenvalue weighted by Gasteiger charge is 2.13. The number of halogens is 2. The van der Waals surface area contributed by atoms with Gasteiger partial charge in [-0.25, -0.2) is 4.39 Å². The van der Waals surface area contributed by atoms with E-state index in [4.69, 9.17) is 14.2 Å². The fourth-order valence-corrected chi connectivity index (χ4v) is 4.20. The number of rotatable bonds is 10. The molecule has 174 valence electrons. The minimum absolute atomic E-state index is 0.267. The van der Waals surface area contributed by atoms with E-state index in [1.165, 1.54) is 12.1 Å². The minimum Gasteiger partial charge on any atom is -0.490 e. The Bertz CT molecular complexity index is 1220. The third kappa shape index (κ3) is 6.63. The van der Waals surface area contributed by atoms with Crippen molar-refractivity contribution in [1.29, 1.82) is 0 Å². The average molecular weight is 569 g/mol. The van der Waals surface area contributed by atoms with Gasteiger partial charge < -0.3 is 19.5 Å². The fraction of sp³-hybridized carbons (Fsp3) is 0.143. The summed E-state index contributed by atoms with van der Waals surface area (Å²) < 4.78 is 32.1. The number of benzene rings is 4. The molecule has 0 radical (unpaired) electrons. The van der Waals surface area contributed by atoms with Crippen molar-refractivity contribution in [3.05, 3.63) is 112 Å². The monoisotopic (exact) mass is 569 g/mol. The molecule has 0 amide bonds. The molecule has 0 atom stereocenters. The predicted molar refractivity (Wildman–Crippen MR) is 141 cm³/mol. The predicted octanol–water partition coefficient (Wildman–Crippen LogP) is 7.81. The van der Waals surface area contributed by atoms with Crippen LogP contribution in [0.5, 0.6) is 23.0 Å². The van der Waals surface area contributed by atoms with E-state index in [-0.39, 0.29) is 12.4 Å². The van der Waals surface area contributed by atoms with E-state index >= 15 is 0 Å². The molecule has 0 aromatic heterocycles. The van der Waals surface area contributed by atoms with Crippen molar-refractivity contribution in [3.63, 3.8) is 0 Å². The van der Waals surface area contributed by atoms with Crippen LogP contribution in [0.3, 0.4) is 0 Å². The van der Waals surface area contributed by atoms with Crippen molar-refractivity contribution >= 4 is 28.3 Å². The molecular weight excluding hydrogens is 544 g/mol. The van der Waals surface area contributed by atoms with E-state index in [0.717, 1.165) is 31.9 Å². The van der Waals surface area contributed by atoms with Crippen molar-refractivity contribution < 1.29 is 18.6 Å². The molecule has 0 bridgehead atoms. The number of para-hydroxylation sites is 1. The first kappa shape index (κ1) is 23.9. The second-order valence-electron chi connectivity index (χ2n) is 7.55. The van der Waals surface area contributed by atoms with Crippen LogP contribution in [-0.4, -0.2) is 6.61 Å². The highest BCUT2D eigenvalue weighted by Crippen LogP contribution is 2.35. The minimum atomic E-state index is -0.276. The van der Waals surface area contributed by atoms with Crippen molar-refractivity contribution in [3.8, 4) is 23.0 Å². The molecule has 0 aliphatic rings. The van der Waals surface area contributed by atoms with Gasteiger partial charge in [-0.2, -0.15) is 0 Å². The first-order chi connectivity index (χ1) is 16.6. The number of ether oxygens (including phenoxy) is 3. The maximum absolute atomic E-state index is 13.5. The molecule has 4 aromatic carbocycles. The van der Waals surface area contributed by atoms with Crippen LogP contribution >= 0.6 is 22.6 Å². The molecule has 0 saturated heterocycles. The molecule has 0 heterocycles. The van der Waals surface area contributed by atoms with Crippen LogP contribution in [0.25, 0.3) is 0 Å². The highest BCUT2D eigenvalue weighted by atomic mass is 127. The second-order valence-corrected chi connectivity index (χ2v) is 8.71. The lowest BCUT2D eigenvalue weighted by Gasteiger charge is -2.16. The maximum Gasteiger partial charge on any atom is 0.174 e. The molecule has 0 spiro atoms. The van der Waals surface area contributed by atoms with E-state index in [0.29, 0.717) is 24.7 Å². The summed E-state index contributed by atoms with van der Waals surface area (Å²) in [5.74, 6) is 2.65. The maximum atomic E-state index is 13.5. The summed E-state index contributed by atoms with van der Waals surface area (Å²) in [5.41, 5.74) is 2.82. The van der Waals surface area contributed by atoms with Crippen LogP contribution in [0.2, 0.25) is 0 Å². The molecule has 1 N–H and O–H groups in total. The van der Waals surface area contributed by atoms with Crippen LogP contribution in [-0.2, 0) is 13.2 Å².